The number of nitrogens with zero attached hydrogens (tertiary/aromatic N) is 1. The van der Waals surface area contributed by atoms with Crippen molar-refractivity contribution in [3.8, 4) is 17.0 Å². The summed E-state index contributed by atoms with van der Waals surface area (Å²) in [5.41, 5.74) is 1.04. The first-order valence-corrected chi connectivity index (χ1v) is 5.99. The highest BCUT2D eigenvalue weighted by Crippen LogP contribution is 2.23. The molecule has 2 rings (SSSR count). The molecule has 1 heterocycles. The molecule has 3 nitrogen and oxygen atoms in total. The number of hydrogen-bond donors (Lipinski definition) is 1. The standard InChI is InChI=1S/C13H13FN2OS/c1-8(2)17-10-5-3-9(4-6-10)12-11(14)13(18)16-7-15-12/h3-8H,1-2H3,(H,15,16,18). The number of rotatable bonds is 3. The summed E-state index contributed by atoms with van der Waals surface area (Å²) in [5, 5.41) is 0. The van der Waals surface area contributed by atoms with E-state index in [1.54, 1.807) is 24.3 Å². The van der Waals surface area contributed by atoms with Gasteiger partial charge in [0.2, 0.25) is 0 Å². The van der Waals surface area contributed by atoms with Gasteiger partial charge in [-0.3, -0.25) is 0 Å². The molecule has 0 unspecified atom stereocenters. The Bertz CT molecular complexity index is 593. The van der Waals surface area contributed by atoms with Crippen LogP contribution < -0.4 is 4.74 Å². The van der Waals surface area contributed by atoms with Crippen LogP contribution >= 0.6 is 12.2 Å². The summed E-state index contributed by atoms with van der Waals surface area (Å²) in [7, 11) is 0. The van der Waals surface area contributed by atoms with Gasteiger partial charge in [0.1, 0.15) is 5.75 Å². The van der Waals surface area contributed by atoms with E-state index in [2.05, 4.69) is 9.97 Å². The summed E-state index contributed by atoms with van der Waals surface area (Å²) in [6, 6.07) is 7.15. The van der Waals surface area contributed by atoms with Gasteiger partial charge in [-0.25, -0.2) is 9.37 Å². The molecule has 0 bridgehead atoms. The van der Waals surface area contributed by atoms with E-state index in [1.165, 1.54) is 6.33 Å². The molecule has 5 heteroatoms. The van der Waals surface area contributed by atoms with Crippen LogP contribution in [0.3, 0.4) is 0 Å². The van der Waals surface area contributed by atoms with Gasteiger partial charge in [0.15, 0.2) is 10.5 Å². The number of aromatic amines is 1. The molecular weight excluding hydrogens is 251 g/mol. The predicted molar refractivity (Wildman–Crippen MR) is 70.6 cm³/mol. The molecule has 0 amide bonds. The van der Waals surface area contributed by atoms with Gasteiger partial charge < -0.3 is 9.72 Å². The molecule has 0 aliphatic rings. The zero-order chi connectivity index (χ0) is 13.1. The number of halogens is 1. The lowest BCUT2D eigenvalue weighted by molar-refractivity contribution is 0.242. The average Bonchev–Trinajstić information content (AvgIpc) is 2.33. The van der Waals surface area contributed by atoms with Crippen molar-refractivity contribution in [3.63, 3.8) is 0 Å². The van der Waals surface area contributed by atoms with Crippen LogP contribution in [0.5, 0.6) is 5.75 Å². The van der Waals surface area contributed by atoms with Crippen LogP contribution in [0.1, 0.15) is 13.8 Å². The van der Waals surface area contributed by atoms with Crippen molar-refractivity contribution < 1.29 is 9.13 Å². The van der Waals surface area contributed by atoms with Gasteiger partial charge >= 0.3 is 0 Å². The van der Waals surface area contributed by atoms with Gasteiger partial charge in [0, 0.05) is 5.56 Å². The molecule has 0 radical (unpaired) electrons. The summed E-state index contributed by atoms with van der Waals surface area (Å²) >= 11 is 4.79. The fraction of sp³-hybridized carbons (Fsp3) is 0.231. The molecule has 0 fully saturated rings. The second kappa shape index (κ2) is 5.27. The minimum atomic E-state index is -0.509. The minimum Gasteiger partial charge on any atom is -0.491 e. The predicted octanol–water partition coefficient (Wildman–Crippen LogP) is 3.73. The van der Waals surface area contributed by atoms with E-state index < -0.39 is 5.82 Å². The van der Waals surface area contributed by atoms with Crippen LogP contribution in [0, 0.1) is 10.5 Å². The zero-order valence-corrected chi connectivity index (χ0v) is 10.9. The first-order valence-electron chi connectivity index (χ1n) is 5.58. The number of benzene rings is 1. The maximum Gasteiger partial charge on any atom is 0.183 e. The molecule has 1 N–H and O–H groups in total. The molecule has 0 atom stereocenters. The smallest absolute Gasteiger partial charge is 0.183 e. The van der Waals surface area contributed by atoms with E-state index in [-0.39, 0.29) is 10.7 Å². The van der Waals surface area contributed by atoms with Gasteiger partial charge in [0.25, 0.3) is 0 Å². The lowest BCUT2D eigenvalue weighted by atomic mass is 10.1. The number of nitrogens with one attached hydrogen (secondary N) is 1. The Hall–Kier alpha value is -1.75. The monoisotopic (exact) mass is 264 g/mol. The van der Waals surface area contributed by atoms with E-state index in [4.69, 9.17) is 17.0 Å². The maximum absolute atomic E-state index is 13.8. The molecule has 94 valence electrons. The minimum absolute atomic E-state index is 0.0359. The number of ether oxygens (including phenoxy) is 1. The summed E-state index contributed by atoms with van der Waals surface area (Å²) in [6.45, 7) is 3.90. The van der Waals surface area contributed by atoms with Crippen molar-refractivity contribution in [1.82, 2.24) is 9.97 Å². The molecule has 0 aliphatic carbocycles. The normalized spacial score (nSPS) is 10.7. The van der Waals surface area contributed by atoms with Crippen molar-refractivity contribution in [2.75, 3.05) is 0 Å². The van der Waals surface area contributed by atoms with Crippen molar-refractivity contribution in [1.29, 1.82) is 0 Å². The molecular formula is C13H13FN2OS. The van der Waals surface area contributed by atoms with Crippen molar-refractivity contribution >= 4 is 12.2 Å². The second-order valence-electron chi connectivity index (χ2n) is 4.09. The van der Waals surface area contributed by atoms with Gasteiger partial charge in [-0.2, -0.15) is 0 Å². The van der Waals surface area contributed by atoms with Gasteiger partial charge in [0.05, 0.1) is 18.1 Å². The molecule has 0 saturated carbocycles. The van der Waals surface area contributed by atoms with E-state index in [1.807, 2.05) is 13.8 Å². The average molecular weight is 264 g/mol. The molecule has 0 saturated heterocycles. The van der Waals surface area contributed by atoms with E-state index >= 15 is 0 Å². The van der Waals surface area contributed by atoms with Crippen LogP contribution in [-0.2, 0) is 0 Å². The molecule has 1 aromatic carbocycles. The Morgan fingerprint density at radius 3 is 2.56 bits per heavy atom. The van der Waals surface area contributed by atoms with E-state index in [9.17, 15) is 4.39 Å². The number of hydrogen-bond acceptors (Lipinski definition) is 3. The summed E-state index contributed by atoms with van der Waals surface area (Å²) in [6.07, 6.45) is 1.50. The van der Waals surface area contributed by atoms with Crippen molar-refractivity contribution in [2.24, 2.45) is 0 Å². The summed E-state index contributed by atoms with van der Waals surface area (Å²) in [5.74, 6) is 0.242. The third-order valence-electron chi connectivity index (χ3n) is 2.31. The third kappa shape index (κ3) is 2.73. The fourth-order valence-corrected chi connectivity index (χ4v) is 1.72. The quantitative estimate of drug-likeness (QED) is 0.858. The highest BCUT2D eigenvalue weighted by molar-refractivity contribution is 7.71. The Balaban J connectivity index is 2.35. The molecule has 18 heavy (non-hydrogen) atoms. The molecule has 2 aromatic rings. The number of H-pyrrole nitrogens is 1. The highest BCUT2D eigenvalue weighted by atomic mass is 32.1. The van der Waals surface area contributed by atoms with Crippen LogP contribution in [0.4, 0.5) is 4.39 Å². The number of aromatic nitrogens is 2. The van der Waals surface area contributed by atoms with Gasteiger partial charge in [-0.05, 0) is 38.1 Å². The van der Waals surface area contributed by atoms with Gasteiger partial charge in [-0.1, -0.05) is 12.2 Å². The first kappa shape index (κ1) is 12.7. The van der Waals surface area contributed by atoms with Gasteiger partial charge in [-0.15, -0.1) is 0 Å². The Morgan fingerprint density at radius 1 is 1.28 bits per heavy atom. The summed E-state index contributed by atoms with van der Waals surface area (Å²) in [4.78, 5) is 6.44. The first-order chi connectivity index (χ1) is 8.58. The maximum atomic E-state index is 13.8. The second-order valence-corrected chi connectivity index (χ2v) is 4.47. The molecule has 1 aromatic heterocycles. The SMILES string of the molecule is CC(C)Oc1ccc(-c2[nH]cnc(=S)c2F)cc1. The Kier molecular flexibility index (Phi) is 3.72. The van der Waals surface area contributed by atoms with Crippen LogP contribution in [0.15, 0.2) is 30.6 Å². The molecule has 0 spiro atoms. The topological polar surface area (TPSA) is 37.9 Å². The van der Waals surface area contributed by atoms with Crippen molar-refractivity contribution in [3.05, 3.63) is 41.1 Å². The van der Waals surface area contributed by atoms with E-state index in [0.717, 1.165) is 5.75 Å². The zero-order valence-electron chi connectivity index (χ0n) is 10.1. The highest BCUT2D eigenvalue weighted by Gasteiger charge is 2.07. The Morgan fingerprint density at radius 2 is 1.94 bits per heavy atom. The van der Waals surface area contributed by atoms with Crippen LogP contribution in [0.2, 0.25) is 0 Å². The summed E-state index contributed by atoms with van der Waals surface area (Å²) < 4.78 is 19.3. The largest absolute Gasteiger partial charge is 0.491 e. The third-order valence-corrected chi connectivity index (χ3v) is 2.60. The Labute approximate surface area is 110 Å². The van der Waals surface area contributed by atoms with E-state index in [0.29, 0.717) is 11.3 Å². The molecule has 0 aliphatic heterocycles. The fourth-order valence-electron chi connectivity index (χ4n) is 1.56. The van der Waals surface area contributed by atoms with Crippen LogP contribution in [-0.4, -0.2) is 16.1 Å². The van der Waals surface area contributed by atoms with Crippen LogP contribution in [0.25, 0.3) is 11.3 Å². The lowest BCUT2D eigenvalue weighted by Crippen LogP contribution is -2.05. The van der Waals surface area contributed by atoms with Crippen molar-refractivity contribution in [2.45, 2.75) is 20.0 Å². The lowest BCUT2D eigenvalue weighted by Gasteiger charge is -2.10.